The summed E-state index contributed by atoms with van der Waals surface area (Å²) in [7, 11) is 1.98. The van der Waals surface area contributed by atoms with Gasteiger partial charge in [-0.3, -0.25) is 4.98 Å². The van der Waals surface area contributed by atoms with Crippen LogP contribution >= 0.6 is 22.6 Å². The standard InChI is InChI=1S/C13H16IN3/c1-15-6-2-7-16-13-5-8-17-12-4-3-10(14)9-11(12)13/h3-5,8-9,15H,2,6-7H2,1H3,(H,16,17). The highest BCUT2D eigenvalue weighted by Gasteiger charge is 2.01. The number of halogens is 1. The predicted molar refractivity (Wildman–Crippen MR) is 81.5 cm³/mol. The van der Waals surface area contributed by atoms with Gasteiger partial charge in [0.2, 0.25) is 0 Å². The Balaban J connectivity index is 2.18. The molecule has 2 aromatic rings. The molecular weight excluding hydrogens is 325 g/mol. The molecule has 1 aromatic carbocycles. The van der Waals surface area contributed by atoms with Crippen LogP contribution in [-0.4, -0.2) is 25.1 Å². The summed E-state index contributed by atoms with van der Waals surface area (Å²) in [4.78, 5) is 4.37. The Bertz CT molecular complexity index is 499. The summed E-state index contributed by atoms with van der Waals surface area (Å²) < 4.78 is 1.24. The van der Waals surface area contributed by atoms with E-state index in [1.54, 1.807) is 0 Å². The zero-order chi connectivity index (χ0) is 12.1. The fourth-order valence-electron chi connectivity index (χ4n) is 1.76. The van der Waals surface area contributed by atoms with Crippen molar-refractivity contribution in [1.29, 1.82) is 0 Å². The molecule has 0 bridgehead atoms. The summed E-state index contributed by atoms with van der Waals surface area (Å²) in [6.07, 6.45) is 2.97. The Hall–Kier alpha value is -0.880. The molecule has 0 radical (unpaired) electrons. The van der Waals surface area contributed by atoms with Crippen molar-refractivity contribution < 1.29 is 0 Å². The molecule has 0 saturated heterocycles. The van der Waals surface area contributed by atoms with Crippen LogP contribution in [-0.2, 0) is 0 Å². The van der Waals surface area contributed by atoms with Crippen molar-refractivity contribution in [3.63, 3.8) is 0 Å². The maximum Gasteiger partial charge on any atom is 0.0723 e. The maximum absolute atomic E-state index is 4.37. The van der Waals surface area contributed by atoms with Gasteiger partial charge in [0.15, 0.2) is 0 Å². The van der Waals surface area contributed by atoms with Gasteiger partial charge in [0.05, 0.1) is 5.52 Å². The molecule has 90 valence electrons. The Morgan fingerprint density at radius 3 is 2.94 bits per heavy atom. The van der Waals surface area contributed by atoms with Gasteiger partial charge in [-0.15, -0.1) is 0 Å². The van der Waals surface area contributed by atoms with Crippen molar-refractivity contribution in [3.8, 4) is 0 Å². The summed E-state index contributed by atoms with van der Waals surface area (Å²) >= 11 is 2.33. The van der Waals surface area contributed by atoms with Crippen LogP contribution in [0.5, 0.6) is 0 Å². The summed E-state index contributed by atoms with van der Waals surface area (Å²) in [6.45, 7) is 2.01. The van der Waals surface area contributed by atoms with Gasteiger partial charge in [-0.05, 0) is 66.9 Å². The van der Waals surface area contributed by atoms with Crippen molar-refractivity contribution in [1.82, 2.24) is 10.3 Å². The van der Waals surface area contributed by atoms with Gasteiger partial charge in [-0.1, -0.05) is 0 Å². The lowest BCUT2D eigenvalue weighted by Crippen LogP contribution is -2.13. The molecular formula is C13H16IN3. The topological polar surface area (TPSA) is 37.0 Å². The first-order valence-corrected chi connectivity index (χ1v) is 6.82. The predicted octanol–water partition coefficient (Wildman–Crippen LogP) is 2.86. The van der Waals surface area contributed by atoms with E-state index in [0.29, 0.717) is 0 Å². The Morgan fingerprint density at radius 1 is 1.24 bits per heavy atom. The van der Waals surface area contributed by atoms with Gasteiger partial charge >= 0.3 is 0 Å². The van der Waals surface area contributed by atoms with E-state index in [9.17, 15) is 0 Å². The van der Waals surface area contributed by atoms with Crippen molar-refractivity contribution in [2.75, 3.05) is 25.5 Å². The molecule has 0 aliphatic heterocycles. The first kappa shape index (κ1) is 12.6. The Kier molecular flexibility index (Phi) is 4.56. The maximum atomic E-state index is 4.37. The van der Waals surface area contributed by atoms with Crippen molar-refractivity contribution >= 4 is 39.2 Å². The molecule has 0 atom stereocenters. The molecule has 0 fully saturated rings. The molecule has 3 nitrogen and oxygen atoms in total. The monoisotopic (exact) mass is 341 g/mol. The molecule has 1 heterocycles. The average Bonchev–Trinajstić information content (AvgIpc) is 2.35. The molecule has 0 aliphatic rings. The second-order valence-corrected chi connectivity index (χ2v) is 5.15. The minimum absolute atomic E-state index is 0.978. The SMILES string of the molecule is CNCCCNc1ccnc2ccc(I)cc12. The smallest absolute Gasteiger partial charge is 0.0723 e. The molecule has 2 N–H and O–H groups in total. The number of anilines is 1. The molecule has 0 amide bonds. The van der Waals surface area contributed by atoms with E-state index in [0.717, 1.165) is 25.0 Å². The molecule has 4 heteroatoms. The molecule has 17 heavy (non-hydrogen) atoms. The van der Waals surface area contributed by atoms with Crippen LogP contribution in [0.15, 0.2) is 30.5 Å². The van der Waals surface area contributed by atoms with Crippen LogP contribution in [0, 0.1) is 3.57 Å². The number of benzene rings is 1. The van der Waals surface area contributed by atoms with Crippen LogP contribution in [0.25, 0.3) is 10.9 Å². The molecule has 0 spiro atoms. The summed E-state index contributed by atoms with van der Waals surface area (Å²) in [5.74, 6) is 0. The van der Waals surface area contributed by atoms with Crippen LogP contribution in [0.4, 0.5) is 5.69 Å². The summed E-state index contributed by atoms with van der Waals surface area (Å²) in [5.41, 5.74) is 2.22. The zero-order valence-electron chi connectivity index (χ0n) is 9.83. The van der Waals surface area contributed by atoms with E-state index in [4.69, 9.17) is 0 Å². The van der Waals surface area contributed by atoms with Crippen LogP contribution in [0.1, 0.15) is 6.42 Å². The largest absolute Gasteiger partial charge is 0.384 e. The number of hydrogen-bond acceptors (Lipinski definition) is 3. The van der Waals surface area contributed by atoms with E-state index in [1.807, 2.05) is 19.3 Å². The number of aromatic nitrogens is 1. The summed E-state index contributed by atoms with van der Waals surface area (Å²) in [6, 6.07) is 8.36. The van der Waals surface area contributed by atoms with Crippen LogP contribution in [0.2, 0.25) is 0 Å². The number of pyridine rings is 1. The third-order valence-corrected chi connectivity index (χ3v) is 3.29. The van der Waals surface area contributed by atoms with E-state index in [2.05, 4.69) is 56.4 Å². The Morgan fingerprint density at radius 2 is 2.12 bits per heavy atom. The van der Waals surface area contributed by atoms with E-state index in [-0.39, 0.29) is 0 Å². The minimum Gasteiger partial charge on any atom is -0.384 e. The lowest BCUT2D eigenvalue weighted by molar-refractivity contribution is 0.748. The first-order chi connectivity index (χ1) is 8.31. The highest BCUT2D eigenvalue weighted by Crippen LogP contribution is 2.23. The van der Waals surface area contributed by atoms with Crippen molar-refractivity contribution in [2.24, 2.45) is 0 Å². The van der Waals surface area contributed by atoms with Crippen LogP contribution < -0.4 is 10.6 Å². The van der Waals surface area contributed by atoms with E-state index < -0.39 is 0 Å². The zero-order valence-corrected chi connectivity index (χ0v) is 12.0. The van der Waals surface area contributed by atoms with Gasteiger partial charge in [0, 0.05) is 27.4 Å². The fourth-order valence-corrected chi connectivity index (χ4v) is 2.25. The molecule has 2 rings (SSSR count). The van der Waals surface area contributed by atoms with Gasteiger partial charge in [0.1, 0.15) is 0 Å². The molecule has 0 aliphatic carbocycles. The number of rotatable bonds is 5. The average molecular weight is 341 g/mol. The van der Waals surface area contributed by atoms with Gasteiger partial charge in [-0.25, -0.2) is 0 Å². The minimum atomic E-state index is 0.978. The van der Waals surface area contributed by atoms with Gasteiger partial charge < -0.3 is 10.6 Å². The highest BCUT2D eigenvalue weighted by atomic mass is 127. The second kappa shape index (κ2) is 6.16. The molecule has 0 unspecified atom stereocenters. The molecule has 0 saturated carbocycles. The number of nitrogens with zero attached hydrogens (tertiary/aromatic N) is 1. The quantitative estimate of drug-likeness (QED) is 0.649. The number of nitrogens with one attached hydrogen (secondary N) is 2. The summed E-state index contributed by atoms with van der Waals surface area (Å²) in [5, 5.41) is 7.81. The van der Waals surface area contributed by atoms with Crippen LogP contribution in [0.3, 0.4) is 0 Å². The van der Waals surface area contributed by atoms with Gasteiger partial charge in [0.25, 0.3) is 0 Å². The molecule has 1 aromatic heterocycles. The third kappa shape index (κ3) is 3.29. The lowest BCUT2D eigenvalue weighted by Gasteiger charge is -2.09. The number of fused-ring (bicyclic) bond motifs is 1. The van der Waals surface area contributed by atoms with Gasteiger partial charge in [-0.2, -0.15) is 0 Å². The van der Waals surface area contributed by atoms with E-state index >= 15 is 0 Å². The first-order valence-electron chi connectivity index (χ1n) is 5.74. The number of hydrogen-bond donors (Lipinski definition) is 2. The normalized spacial score (nSPS) is 10.7. The van der Waals surface area contributed by atoms with E-state index in [1.165, 1.54) is 14.6 Å². The fraction of sp³-hybridized carbons (Fsp3) is 0.308. The lowest BCUT2D eigenvalue weighted by atomic mass is 10.2. The second-order valence-electron chi connectivity index (χ2n) is 3.90. The Labute approximate surface area is 115 Å². The van der Waals surface area contributed by atoms with Crippen molar-refractivity contribution in [2.45, 2.75) is 6.42 Å². The highest BCUT2D eigenvalue weighted by molar-refractivity contribution is 14.1. The third-order valence-electron chi connectivity index (χ3n) is 2.62. The van der Waals surface area contributed by atoms with Crippen molar-refractivity contribution in [3.05, 3.63) is 34.0 Å².